The molecule has 1 amide bonds. The van der Waals surface area contributed by atoms with E-state index < -0.39 is 0 Å². The topological polar surface area (TPSA) is 49.3 Å². The molecule has 88 valence electrons. The SMILES string of the molecule is CCSC1CCCC1NC(=O)CCCO. The molecule has 0 saturated heterocycles. The van der Waals surface area contributed by atoms with E-state index in [9.17, 15) is 4.79 Å². The van der Waals surface area contributed by atoms with Crippen molar-refractivity contribution in [2.45, 2.75) is 50.3 Å². The minimum Gasteiger partial charge on any atom is -0.396 e. The van der Waals surface area contributed by atoms with Crippen LogP contribution in [0.4, 0.5) is 0 Å². The van der Waals surface area contributed by atoms with Gasteiger partial charge in [-0.05, 0) is 25.0 Å². The second kappa shape index (κ2) is 7.12. The summed E-state index contributed by atoms with van der Waals surface area (Å²) in [6.45, 7) is 2.26. The van der Waals surface area contributed by atoms with Crippen LogP contribution in [0.3, 0.4) is 0 Å². The highest BCUT2D eigenvalue weighted by Gasteiger charge is 2.27. The lowest BCUT2D eigenvalue weighted by atomic mass is 10.2. The number of amides is 1. The van der Waals surface area contributed by atoms with Crippen molar-refractivity contribution in [3.8, 4) is 0 Å². The van der Waals surface area contributed by atoms with Crippen molar-refractivity contribution in [3.63, 3.8) is 0 Å². The maximum atomic E-state index is 11.5. The highest BCUT2D eigenvalue weighted by molar-refractivity contribution is 7.99. The number of aliphatic hydroxyl groups excluding tert-OH is 1. The van der Waals surface area contributed by atoms with Crippen LogP contribution in [0.25, 0.3) is 0 Å². The molecule has 1 saturated carbocycles. The third kappa shape index (κ3) is 4.43. The maximum Gasteiger partial charge on any atom is 0.220 e. The van der Waals surface area contributed by atoms with E-state index in [1.54, 1.807) is 0 Å². The molecule has 0 spiro atoms. The minimum absolute atomic E-state index is 0.0950. The molecule has 0 aromatic carbocycles. The Morgan fingerprint density at radius 2 is 2.33 bits per heavy atom. The molecule has 0 aromatic rings. The van der Waals surface area contributed by atoms with E-state index in [2.05, 4.69) is 12.2 Å². The van der Waals surface area contributed by atoms with Gasteiger partial charge in [-0.2, -0.15) is 11.8 Å². The van der Waals surface area contributed by atoms with Gasteiger partial charge < -0.3 is 10.4 Å². The van der Waals surface area contributed by atoms with Gasteiger partial charge in [-0.15, -0.1) is 0 Å². The van der Waals surface area contributed by atoms with Crippen LogP contribution >= 0.6 is 11.8 Å². The molecular formula is C11H21NO2S. The van der Waals surface area contributed by atoms with Crippen molar-refractivity contribution in [2.24, 2.45) is 0 Å². The number of rotatable bonds is 6. The summed E-state index contributed by atoms with van der Waals surface area (Å²) in [4.78, 5) is 11.5. The first-order valence-electron chi connectivity index (χ1n) is 5.79. The summed E-state index contributed by atoms with van der Waals surface area (Å²) in [5.41, 5.74) is 0. The van der Waals surface area contributed by atoms with Crippen molar-refractivity contribution in [1.82, 2.24) is 5.32 Å². The van der Waals surface area contributed by atoms with Crippen molar-refractivity contribution in [1.29, 1.82) is 0 Å². The van der Waals surface area contributed by atoms with Crippen LogP contribution in [0.5, 0.6) is 0 Å². The Labute approximate surface area is 96.0 Å². The zero-order valence-corrected chi connectivity index (χ0v) is 10.2. The molecule has 0 radical (unpaired) electrons. The number of hydrogen-bond donors (Lipinski definition) is 2. The van der Waals surface area contributed by atoms with Crippen LogP contribution in [-0.4, -0.2) is 34.7 Å². The van der Waals surface area contributed by atoms with Crippen molar-refractivity contribution >= 4 is 17.7 Å². The normalized spacial score (nSPS) is 25.5. The maximum absolute atomic E-state index is 11.5. The minimum atomic E-state index is 0.0950. The second-order valence-corrected chi connectivity index (χ2v) is 5.44. The summed E-state index contributed by atoms with van der Waals surface area (Å²) in [5.74, 6) is 1.21. The fourth-order valence-corrected chi connectivity index (χ4v) is 3.22. The van der Waals surface area contributed by atoms with Gasteiger partial charge in [-0.1, -0.05) is 13.3 Å². The Hall–Kier alpha value is -0.220. The molecule has 1 rings (SSSR count). The van der Waals surface area contributed by atoms with Crippen LogP contribution in [0, 0.1) is 0 Å². The Balaban J connectivity index is 2.26. The predicted octanol–water partition coefficient (Wildman–Crippen LogP) is 1.55. The number of nitrogens with one attached hydrogen (secondary N) is 1. The molecule has 1 fully saturated rings. The largest absolute Gasteiger partial charge is 0.396 e. The van der Waals surface area contributed by atoms with Gasteiger partial charge in [0.05, 0.1) is 0 Å². The smallest absolute Gasteiger partial charge is 0.220 e. The molecule has 2 N–H and O–H groups in total. The van der Waals surface area contributed by atoms with E-state index in [4.69, 9.17) is 5.11 Å². The van der Waals surface area contributed by atoms with E-state index in [-0.39, 0.29) is 12.5 Å². The van der Waals surface area contributed by atoms with Gasteiger partial charge in [0.1, 0.15) is 0 Å². The third-order valence-electron chi connectivity index (χ3n) is 2.74. The van der Waals surface area contributed by atoms with Crippen LogP contribution < -0.4 is 5.32 Å². The average Bonchev–Trinajstić information content (AvgIpc) is 2.63. The molecule has 0 aliphatic heterocycles. The molecule has 0 heterocycles. The quantitative estimate of drug-likeness (QED) is 0.729. The van der Waals surface area contributed by atoms with Crippen molar-refractivity contribution in [2.75, 3.05) is 12.4 Å². The monoisotopic (exact) mass is 231 g/mol. The lowest BCUT2D eigenvalue weighted by molar-refractivity contribution is -0.122. The molecule has 3 nitrogen and oxygen atoms in total. The summed E-state index contributed by atoms with van der Waals surface area (Å²) < 4.78 is 0. The number of carbonyl (C=O) groups excluding carboxylic acids is 1. The van der Waals surface area contributed by atoms with Crippen LogP contribution in [-0.2, 0) is 4.79 Å². The van der Waals surface area contributed by atoms with Crippen LogP contribution in [0.15, 0.2) is 0 Å². The first-order chi connectivity index (χ1) is 7.27. The number of aliphatic hydroxyl groups is 1. The van der Waals surface area contributed by atoms with Gasteiger partial charge in [0, 0.05) is 24.3 Å². The average molecular weight is 231 g/mol. The number of hydrogen-bond acceptors (Lipinski definition) is 3. The van der Waals surface area contributed by atoms with E-state index in [0.29, 0.717) is 24.1 Å². The Bertz CT molecular complexity index is 199. The summed E-state index contributed by atoms with van der Waals surface area (Å²) in [6.07, 6.45) is 4.59. The first-order valence-corrected chi connectivity index (χ1v) is 6.84. The molecular weight excluding hydrogens is 210 g/mol. The fraction of sp³-hybridized carbons (Fsp3) is 0.909. The molecule has 2 unspecified atom stereocenters. The Kier molecular flexibility index (Phi) is 6.10. The van der Waals surface area contributed by atoms with Gasteiger partial charge in [-0.3, -0.25) is 4.79 Å². The van der Waals surface area contributed by atoms with E-state index in [1.165, 1.54) is 12.8 Å². The Morgan fingerprint density at radius 3 is 3.00 bits per heavy atom. The standard InChI is InChI=1S/C11H21NO2S/c1-2-15-10-6-3-5-9(10)12-11(14)7-4-8-13/h9-10,13H,2-8H2,1H3,(H,12,14). The zero-order valence-electron chi connectivity index (χ0n) is 9.37. The van der Waals surface area contributed by atoms with E-state index in [0.717, 1.165) is 12.2 Å². The third-order valence-corrected chi connectivity index (χ3v) is 4.07. The number of thioether (sulfide) groups is 1. The molecule has 1 aliphatic carbocycles. The molecule has 15 heavy (non-hydrogen) atoms. The molecule has 0 aromatic heterocycles. The summed E-state index contributed by atoms with van der Waals surface area (Å²) in [5, 5.41) is 12.3. The Morgan fingerprint density at radius 1 is 1.53 bits per heavy atom. The molecule has 2 atom stereocenters. The van der Waals surface area contributed by atoms with Gasteiger partial charge in [0.2, 0.25) is 5.91 Å². The molecule has 0 bridgehead atoms. The summed E-state index contributed by atoms with van der Waals surface area (Å²) in [6, 6.07) is 0.362. The highest BCUT2D eigenvalue weighted by Crippen LogP contribution is 2.29. The van der Waals surface area contributed by atoms with E-state index in [1.807, 2.05) is 11.8 Å². The van der Waals surface area contributed by atoms with Gasteiger partial charge in [-0.25, -0.2) is 0 Å². The van der Waals surface area contributed by atoms with Gasteiger partial charge in [0.15, 0.2) is 0 Å². The van der Waals surface area contributed by atoms with Gasteiger partial charge >= 0.3 is 0 Å². The van der Waals surface area contributed by atoms with Gasteiger partial charge in [0.25, 0.3) is 0 Å². The highest BCUT2D eigenvalue weighted by atomic mass is 32.2. The predicted molar refractivity (Wildman–Crippen MR) is 64.0 cm³/mol. The second-order valence-electron chi connectivity index (χ2n) is 3.93. The zero-order chi connectivity index (χ0) is 11.1. The summed E-state index contributed by atoms with van der Waals surface area (Å²) >= 11 is 1.95. The fourth-order valence-electron chi connectivity index (χ4n) is 2.02. The van der Waals surface area contributed by atoms with Crippen LogP contribution in [0.2, 0.25) is 0 Å². The lowest BCUT2D eigenvalue weighted by Crippen LogP contribution is -2.38. The van der Waals surface area contributed by atoms with Crippen molar-refractivity contribution in [3.05, 3.63) is 0 Å². The first kappa shape index (κ1) is 12.8. The molecule has 4 heteroatoms. The summed E-state index contributed by atoms with van der Waals surface area (Å²) in [7, 11) is 0. The number of carbonyl (C=O) groups is 1. The van der Waals surface area contributed by atoms with E-state index >= 15 is 0 Å². The van der Waals surface area contributed by atoms with Crippen LogP contribution in [0.1, 0.15) is 39.0 Å². The lowest BCUT2D eigenvalue weighted by Gasteiger charge is -2.19. The molecule has 1 aliphatic rings. The van der Waals surface area contributed by atoms with Crippen molar-refractivity contribution < 1.29 is 9.90 Å².